The molecule has 1 aromatic heterocycles. The molecule has 2 rings (SSSR count). The van der Waals surface area contributed by atoms with E-state index in [-0.39, 0.29) is 29.8 Å². The fraction of sp³-hybridized carbons (Fsp3) is 0.833. The summed E-state index contributed by atoms with van der Waals surface area (Å²) in [5, 5.41) is 14.7. The van der Waals surface area contributed by atoms with Crippen LogP contribution in [0.4, 0.5) is 0 Å². The highest BCUT2D eigenvalue weighted by Gasteiger charge is 2.30. The van der Waals surface area contributed by atoms with Gasteiger partial charge in [0.25, 0.3) is 0 Å². The van der Waals surface area contributed by atoms with E-state index in [2.05, 4.69) is 34.7 Å². The summed E-state index contributed by atoms with van der Waals surface area (Å²) >= 11 is 0. The number of amides is 1. The molecule has 0 aliphatic carbocycles. The fourth-order valence-corrected chi connectivity index (χ4v) is 3.19. The maximum Gasteiger partial charge on any atom is 0.239 e. The van der Waals surface area contributed by atoms with Gasteiger partial charge in [0.2, 0.25) is 17.7 Å². The number of aromatic nitrogens is 2. The highest BCUT2D eigenvalue weighted by Crippen LogP contribution is 2.26. The Kier molecular flexibility index (Phi) is 8.47. The number of carbonyl (C=O) groups is 1. The van der Waals surface area contributed by atoms with E-state index in [0.717, 1.165) is 51.6 Å². The minimum atomic E-state index is -0.291. The van der Waals surface area contributed by atoms with E-state index < -0.39 is 0 Å². The summed E-state index contributed by atoms with van der Waals surface area (Å²) in [6.45, 7) is 6.59. The van der Waals surface area contributed by atoms with Gasteiger partial charge in [0, 0.05) is 5.92 Å². The van der Waals surface area contributed by atoms with Crippen LogP contribution in [0.1, 0.15) is 76.2 Å². The molecular weight excluding hydrogens is 332 g/mol. The van der Waals surface area contributed by atoms with Crippen LogP contribution in [0.3, 0.4) is 0 Å². The summed E-state index contributed by atoms with van der Waals surface area (Å²) in [6.07, 6.45) is 5.24. The lowest BCUT2D eigenvalue weighted by molar-refractivity contribution is -0.127. The molecule has 1 amide bonds. The van der Waals surface area contributed by atoms with E-state index in [9.17, 15) is 4.79 Å². The van der Waals surface area contributed by atoms with Crippen molar-refractivity contribution in [2.45, 2.75) is 64.5 Å². The van der Waals surface area contributed by atoms with Crippen LogP contribution in [0, 0.1) is 11.8 Å². The third-order valence-corrected chi connectivity index (χ3v) is 5.23. The number of hydrogen-bond acceptors (Lipinski definition) is 7. The molecule has 0 saturated carbocycles. The molecule has 1 aromatic rings. The molecule has 0 aromatic carbocycles. The number of hydrogen-bond donors (Lipinski definition) is 4. The van der Waals surface area contributed by atoms with Crippen molar-refractivity contribution >= 4 is 5.91 Å². The number of unbranched alkanes of at least 4 members (excludes halogenated alkanes) is 1. The van der Waals surface area contributed by atoms with Crippen molar-refractivity contribution in [3.8, 4) is 0 Å². The van der Waals surface area contributed by atoms with Gasteiger partial charge in [-0.25, -0.2) is 0 Å². The zero-order valence-corrected chi connectivity index (χ0v) is 16.0. The van der Waals surface area contributed by atoms with Crippen LogP contribution in [0.5, 0.6) is 0 Å². The van der Waals surface area contributed by atoms with Crippen molar-refractivity contribution < 1.29 is 9.21 Å². The second kappa shape index (κ2) is 10.6. The Morgan fingerprint density at radius 2 is 2.00 bits per heavy atom. The Bertz CT molecular complexity index is 544. The van der Waals surface area contributed by atoms with Crippen molar-refractivity contribution in [3.63, 3.8) is 0 Å². The molecule has 0 radical (unpaired) electrons. The lowest BCUT2D eigenvalue weighted by Crippen LogP contribution is -2.41. The first-order valence-electron chi connectivity index (χ1n) is 9.86. The van der Waals surface area contributed by atoms with Crippen LogP contribution in [0.15, 0.2) is 4.42 Å². The zero-order valence-electron chi connectivity index (χ0n) is 16.0. The maximum absolute atomic E-state index is 12.7. The molecular formula is C18H34N6O2. The first-order valence-corrected chi connectivity index (χ1v) is 9.86. The van der Waals surface area contributed by atoms with E-state index in [1.165, 1.54) is 0 Å². The minimum Gasteiger partial charge on any atom is -0.421 e. The largest absolute Gasteiger partial charge is 0.421 e. The van der Waals surface area contributed by atoms with E-state index >= 15 is 0 Å². The second-order valence-corrected chi connectivity index (χ2v) is 7.27. The third-order valence-electron chi connectivity index (χ3n) is 5.23. The van der Waals surface area contributed by atoms with Gasteiger partial charge in [-0.1, -0.05) is 26.7 Å². The molecule has 8 nitrogen and oxygen atoms in total. The molecule has 1 aliphatic heterocycles. The average molecular weight is 367 g/mol. The standard InChI is InChI=1S/C18H34N6O2/c1-3-12(2)15(22-16(25)13-7-10-21-11-8-13)18-24-23-17(26-18)14(20)6-4-5-9-19/h12-15,21H,3-11,19-20H2,1-2H3,(H,22,25)/t12-,14-,15-/m0/s1. The normalized spacial score (nSPS) is 19.1. The lowest BCUT2D eigenvalue weighted by atomic mass is 9.94. The number of piperidine rings is 1. The summed E-state index contributed by atoms with van der Waals surface area (Å²) in [7, 11) is 0. The maximum atomic E-state index is 12.7. The van der Waals surface area contributed by atoms with Gasteiger partial charge in [-0.15, -0.1) is 10.2 Å². The predicted molar refractivity (Wildman–Crippen MR) is 100 cm³/mol. The summed E-state index contributed by atoms with van der Waals surface area (Å²) in [5.74, 6) is 1.20. The van der Waals surface area contributed by atoms with Gasteiger partial charge >= 0.3 is 0 Å². The van der Waals surface area contributed by atoms with E-state index in [1.54, 1.807) is 0 Å². The minimum absolute atomic E-state index is 0.0451. The second-order valence-electron chi connectivity index (χ2n) is 7.27. The summed E-state index contributed by atoms with van der Waals surface area (Å²) in [5.41, 5.74) is 11.7. The van der Waals surface area contributed by atoms with Crippen LogP contribution >= 0.6 is 0 Å². The average Bonchev–Trinajstić information content (AvgIpc) is 3.16. The molecule has 2 heterocycles. The van der Waals surface area contributed by atoms with Gasteiger partial charge in [0.1, 0.15) is 6.04 Å². The van der Waals surface area contributed by atoms with Crippen LogP contribution in [0.25, 0.3) is 0 Å². The molecule has 1 fully saturated rings. The molecule has 148 valence electrons. The molecule has 1 aliphatic rings. The molecule has 8 heteroatoms. The highest BCUT2D eigenvalue weighted by molar-refractivity contribution is 5.79. The Morgan fingerprint density at radius 3 is 2.65 bits per heavy atom. The van der Waals surface area contributed by atoms with Crippen molar-refractivity contribution in [2.24, 2.45) is 23.3 Å². The van der Waals surface area contributed by atoms with Crippen molar-refractivity contribution in [1.82, 2.24) is 20.8 Å². The van der Waals surface area contributed by atoms with Gasteiger partial charge in [-0.05, 0) is 51.2 Å². The van der Waals surface area contributed by atoms with Gasteiger partial charge in [-0.2, -0.15) is 0 Å². The predicted octanol–water partition coefficient (Wildman–Crippen LogP) is 1.40. The fourth-order valence-electron chi connectivity index (χ4n) is 3.19. The Morgan fingerprint density at radius 1 is 1.31 bits per heavy atom. The number of nitrogens with zero attached hydrogens (tertiary/aromatic N) is 2. The summed E-state index contributed by atoms with van der Waals surface area (Å²) in [4.78, 5) is 12.7. The molecule has 0 unspecified atom stereocenters. The molecule has 0 spiro atoms. The van der Waals surface area contributed by atoms with Crippen LogP contribution in [-0.4, -0.2) is 35.7 Å². The van der Waals surface area contributed by atoms with Gasteiger partial charge < -0.3 is 26.5 Å². The Labute approximate surface area is 155 Å². The highest BCUT2D eigenvalue weighted by atomic mass is 16.4. The number of carbonyl (C=O) groups excluding carboxylic acids is 1. The van der Waals surface area contributed by atoms with Crippen molar-refractivity contribution in [2.75, 3.05) is 19.6 Å². The van der Waals surface area contributed by atoms with Gasteiger partial charge in [0.05, 0.1) is 6.04 Å². The van der Waals surface area contributed by atoms with Crippen LogP contribution < -0.4 is 22.1 Å². The first-order chi connectivity index (χ1) is 12.6. The quantitative estimate of drug-likeness (QED) is 0.460. The smallest absolute Gasteiger partial charge is 0.239 e. The van der Waals surface area contributed by atoms with Crippen LogP contribution in [-0.2, 0) is 4.79 Å². The molecule has 26 heavy (non-hydrogen) atoms. The summed E-state index contributed by atoms with van der Waals surface area (Å²) < 4.78 is 5.84. The van der Waals surface area contributed by atoms with E-state index in [4.69, 9.17) is 15.9 Å². The zero-order chi connectivity index (χ0) is 18.9. The molecule has 1 saturated heterocycles. The Hall–Kier alpha value is -1.51. The van der Waals surface area contributed by atoms with Crippen molar-refractivity contribution in [3.05, 3.63) is 11.8 Å². The Balaban J connectivity index is 2.03. The van der Waals surface area contributed by atoms with Gasteiger partial charge in [0.15, 0.2) is 0 Å². The third kappa shape index (κ3) is 5.75. The lowest BCUT2D eigenvalue weighted by Gasteiger charge is -2.26. The summed E-state index contributed by atoms with van der Waals surface area (Å²) in [6, 6.07) is -0.569. The number of nitrogens with one attached hydrogen (secondary N) is 2. The first kappa shape index (κ1) is 20.8. The monoisotopic (exact) mass is 366 g/mol. The number of rotatable bonds is 10. The molecule has 3 atom stereocenters. The molecule has 6 N–H and O–H groups in total. The topological polar surface area (TPSA) is 132 Å². The van der Waals surface area contributed by atoms with Crippen molar-refractivity contribution in [1.29, 1.82) is 0 Å². The SMILES string of the molecule is CC[C@H](C)[C@H](NC(=O)C1CCNCC1)c1nnc([C@@H](N)CCCCN)o1. The van der Waals surface area contributed by atoms with E-state index in [1.807, 2.05) is 0 Å². The molecule has 0 bridgehead atoms. The van der Waals surface area contributed by atoms with Crippen LogP contribution in [0.2, 0.25) is 0 Å². The van der Waals surface area contributed by atoms with Gasteiger partial charge in [-0.3, -0.25) is 4.79 Å². The number of nitrogens with two attached hydrogens (primary N) is 2. The van der Waals surface area contributed by atoms with E-state index in [0.29, 0.717) is 18.3 Å².